The first-order valence-electron chi connectivity index (χ1n) is 7.00. The molecule has 1 saturated heterocycles. The van der Waals surface area contributed by atoms with Crippen molar-refractivity contribution in [1.82, 2.24) is 16.0 Å². The van der Waals surface area contributed by atoms with E-state index in [0.29, 0.717) is 19.4 Å². The quantitative estimate of drug-likeness (QED) is 0.731. The summed E-state index contributed by atoms with van der Waals surface area (Å²) in [6.07, 6.45) is 2.00. The fourth-order valence-corrected chi connectivity index (χ4v) is 2.34. The normalized spacial score (nSPS) is 18.4. The van der Waals surface area contributed by atoms with Crippen molar-refractivity contribution in [3.8, 4) is 0 Å². The van der Waals surface area contributed by atoms with E-state index in [4.69, 9.17) is 0 Å². The molecule has 108 valence electrons. The Kier molecular flexibility index (Phi) is 5.12. The number of carbonyl (C=O) groups is 2. The first-order chi connectivity index (χ1) is 9.70. The Morgan fingerprint density at radius 2 is 2.20 bits per heavy atom. The van der Waals surface area contributed by atoms with Crippen LogP contribution >= 0.6 is 0 Å². The number of hydrogen-bond donors (Lipinski definition) is 3. The van der Waals surface area contributed by atoms with Crippen LogP contribution in [0.5, 0.6) is 0 Å². The molecule has 1 aliphatic rings. The monoisotopic (exact) mass is 275 g/mol. The zero-order valence-corrected chi connectivity index (χ0v) is 11.7. The van der Waals surface area contributed by atoms with Crippen LogP contribution in [0, 0.1) is 0 Å². The number of hydrogen-bond acceptors (Lipinski definition) is 3. The number of amides is 2. The molecule has 1 aromatic rings. The van der Waals surface area contributed by atoms with Crippen LogP contribution < -0.4 is 16.0 Å². The first-order valence-corrected chi connectivity index (χ1v) is 7.00. The van der Waals surface area contributed by atoms with E-state index >= 15 is 0 Å². The van der Waals surface area contributed by atoms with Gasteiger partial charge in [0.2, 0.25) is 5.91 Å². The molecule has 1 aliphatic heterocycles. The molecule has 2 rings (SSSR count). The van der Waals surface area contributed by atoms with Crippen LogP contribution in [0.3, 0.4) is 0 Å². The Labute approximate surface area is 119 Å². The van der Waals surface area contributed by atoms with Crippen molar-refractivity contribution >= 4 is 11.8 Å². The minimum Gasteiger partial charge on any atom is -0.354 e. The number of nitrogens with one attached hydrogen (secondary N) is 3. The lowest BCUT2D eigenvalue weighted by Crippen LogP contribution is -2.47. The fourth-order valence-electron chi connectivity index (χ4n) is 2.34. The summed E-state index contributed by atoms with van der Waals surface area (Å²) in [5.74, 6) is 0.00257. The van der Waals surface area contributed by atoms with Gasteiger partial charge >= 0.3 is 0 Å². The van der Waals surface area contributed by atoms with Gasteiger partial charge in [0, 0.05) is 24.6 Å². The molecule has 1 heterocycles. The Morgan fingerprint density at radius 1 is 1.40 bits per heavy atom. The summed E-state index contributed by atoms with van der Waals surface area (Å²) in [6, 6.07) is 7.68. The van der Waals surface area contributed by atoms with Crippen LogP contribution in [0.25, 0.3) is 0 Å². The average molecular weight is 275 g/mol. The van der Waals surface area contributed by atoms with E-state index < -0.39 is 0 Å². The molecule has 0 spiro atoms. The Balaban J connectivity index is 1.99. The second-order valence-corrected chi connectivity index (χ2v) is 5.02. The molecule has 0 saturated carbocycles. The molecule has 0 bridgehead atoms. The van der Waals surface area contributed by atoms with E-state index in [2.05, 4.69) is 16.0 Å². The second-order valence-electron chi connectivity index (χ2n) is 5.02. The van der Waals surface area contributed by atoms with Gasteiger partial charge in [0.05, 0.1) is 0 Å². The zero-order chi connectivity index (χ0) is 14.4. The van der Waals surface area contributed by atoms with Crippen molar-refractivity contribution in [3.05, 3.63) is 35.4 Å². The average Bonchev–Trinajstić information content (AvgIpc) is 2.47. The molecule has 1 atom stereocenters. The standard InChI is InChI=1S/C15H21N3O2/c1-16-9-8-11-4-2-3-5-13(11)15(20)18-12-6-7-14(19)17-10-12/h2-5,12,16H,6-10H2,1H3,(H,17,19)(H,18,20). The molecule has 1 aromatic carbocycles. The number of carbonyl (C=O) groups excluding carboxylic acids is 2. The highest BCUT2D eigenvalue weighted by Crippen LogP contribution is 2.11. The van der Waals surface area contributed by atoms with Gasteiger partial charge in [-0.05, 0) is 38.1 Å². The first kappa shape index (κ1) is 14.5. The number of benzene rings is 1. The molecule has 1 fully saturated rings. The molecule has 0 aliphatic carbocycles. The zero-order valence-electron chi connectivity index (χ0n) is 11.7. The maximum absolute atomic E-state index is 12.3. The molecule has 5 nitrogen and oxygen atoms in total. The summed E-state index contributed by atoms with van der Waals surface area (Å²) in [7, 11) is 1.90. The third-order valence-corrected chi connectivity index (χ3v) is 3.51. The van der Waals surface area contributed by atoms with Gasteiger partial charge in [0.15, 0.2) is 0 Å². The van der Waals surface area contributed by atoms with Crippen LogP contribution in [0.1, 0.15) is 28.8 Å². The topological polar surface area (TPSA) is 70.2 Å². The highest BCUT2D eigenvalue weighted by Gasteiger charge is 2.21. The van der Waals surface area contributed by atoms with Crippen LogP contribution in [0.15, 0.2) is 24.3 Å². The van der Waals surface area contributed by atoms with Crippen molar-refractivity contribution in [2.75, 3.05) is 20.1 Å². The van der Waals surface area contributed by atoms with Gasteiger partial charge in [-0.15, -0.1) is 0 Å². The molecule has 0 aromatic heterocycles. The molecule has 2 amide bonds. The summed E-state index contributed by atoms with van der Waals surface area (Å²) in [4.78, 5) is 23.4. The SMILES string of the molecule is CNCCc1ccccc1C(=O)NC1CCC(=O)NC1. The third kappa shape index (κ3) is 3.81. The van der Waals surface area contributed by atoms with E-state index in [0.717, 1.165) is 24.1 Å². The predicted molar refractivity (Wildman–Crippen MR) is 77.6 cm³/mol. The molecule has 20 heavy (non-hydrogen) atoms. The Bertz CT molecular complexity index is 478. The molecule has 5 heteroatoms. The lowest BCUT2D eigenvalue weighted by molar-refractivity contribution is -0.122. The highest BCUT2D eigenvalue weighted by molar-refractivity contribution is 5.96. The Hall–Kier alpha value is -1.88. The van der Waals surface area contributed by atoms with Gasteiger partial charge in [-0.2, -0.15) is 0 Å². The third-order valence-electron chi connectivity index (χ3n) is 3.51. The molecule has 0 radical (unpaired) electrons. The van der Waals surface area contributed by atoms with Crippen molar-refractivity contribution in [2.24, 2.45) is 0 Å². The molecular weight excluding hydrogens is 254 g/mol. The predicted octanol–water partition coefficient (Wildman–Crippen LogP) is 0.457. The summed E-state index contributed by atoms with van der Waals surface area (Å²) in [5, 5.41) is 8.86. The molecule has 3 N–H and O–H groups in total. The summed E-state index contributed by atoms with van der Waals surface area (Å²) < 4.78 is 0. The van der Waals surface area contributed by atoms with Crippen molar-refractivity contribution < 1.29 is 9.59 Å². The molecule has 1 unspecified atom stereocenters. The summed E-state index contributed by atoms with van der Waals surface area (Å²) in [5.41, 5.74) is 1.76. The maximum atomic E-state index is 12.3. The van der Waals surface area contributed by atoms with Gasteiger partial charge in [0.25, 0.3) is 5.91 Å². The molecular formula is C15H21N3O2. The highest BCUT2D eigenvalue weighted by atomic mass is 16.2. The number of piperidine rings is 1. The lowest BCUT2D eigenvalue weighted by atomic mass is 10.0. The lowest BCUT2D eigenvalue weighted by Gasteiger charge is -2.24. The van der Waals surface area contributed by atoms with E-state index in [9.17, 15) is 9.59 Å². The largest absolute Gasteiger partial charge is 0.354 e. The summed E-state index contributed by atoms with van der Waals surface area (Å²) >= 11 is 0. The van der Waals surface area contributed by atoms with Gasteiger partial charge in [0.1, 0.15) is 0 Å². The van der Waals surface area contributed by atoms with Gasteiger partial charge in [-0.25, -0.2) is 0 Å². The van der Waals surface area contributed by atoms with Crippen LogP contribution in [-0.2, 0) is 11.2 Å². The summed E-state index contributed by atoms with van der Waals surface area (Å²) in [6.45, 7) is 1.35. The smallest absolute Gasteiger partial charge is 0.251 e. The second kappa shape index (κ2) is 7.05. The van der Waals surface area contributed by atoms with Crippen LogP contribution in [0.4, 0.5) is 0 Å². The van der Waals surface area contributed by atoms with Crippen LogP contribution in [0.2, 0.25) is 0 Å². The number of rotatable bonds is 5. The van der Waals surface area contributed by atoms with Gasteiger partial charge in [-0.3, -0.25) is 9.59 Å². The van der Waals surface area contributed by atoms with Crippen molar-refractivity contribution in [2.45, 2.75) is 25.3 Å². The van der Waals surface area contributed by atoms with Gasteiger partial charge < -0.3 is 16.0 Å². The van der Waals surface area contributed by atoms with Crippen molar-refractivity contribution in [1.29, 1.82) is 0 Å². The van der Waals surface area contributed by atoms with Gasteiger partial charge in [-0.1, -0.05) is 18.2 Å². The minimum absolute atomic E-state index is 0.0255. The van der Waals surface area contributed by atoms with Crippen molar-refractivity contribution in [3.63, 3.8) is 0 Å². The maximum Gasteiger partial charge on any atom is 0.251 e. The van der Waals surface area contributed by atoms with E-state index in [-0.39, 0.29) is 17.9 Å². The van der Waals surface area contributed by atoms with E-state index in [1.54, 1.807) is 0 Å². The number of likely N-dealkylation sites (N-methyl/N-ethyl adjacent to an activating group) is 1. The minimum atomic E-state index is -0.0575. The van der Waals surface area contributed by atoms with E-state index in [1.165, 1.54) is 0 Å². The Morgan fingerprint density at radius 3 is 2.90 bits per heavy atom. The van der Waals surface area contributed by atoms with Crippen LogP contribution in [-0.4, -0.2) is 38.0 Å². The van der Waals surface area contributed by atoms with E-state index in [1.807, 2.05) is 31.3 Å². The fraction of sp³-hybridized carbons (Fsp3) is 0.467.